The zero-order valence-electron chi connectivity index (χ0n) is 12.5. The minimum Gasteiger partial charge on any atom is -0.486 e. The second-order valence-electron chi connectivity index (χ2n) is 4.87. The molecule has 2 aromatic carbocycles. The van der Waals surface area contributed by atoms with Crippen LogP contribution in [0.15, 0.2) is 45.8 Å². The molecule has 1 aliphatic heterocycles. The summed E-state index contributed by atoms with van der Waals surface area (Å²) in [6.07, 6.45) is 0. The van der Waals surface area contributed by atoms with E-state index in [1.807, 2.05) is 12.1 Å². The molecule has 0 saturated carbocycles. The van der Waals surface area contributed by atoms with Gasteiger partial charge in [0.15, 0.2) is 11.5 Å². The van der Waals surface area contributed by atoms with Crippen molar-refractivity contribution in [3.8, 4) is 17.6 Å². The van der Waals surface area contributed by atoms with Gasteiger partial charge in [0.2, 0.25) is 0 Å². The van der Waals surface area contributed by atoms with Crippen molar-refractivity contribution in [2.24, 2.45) is 0 Å². The average Bonchev–Trinajstić information content (AvgIpc) is 2.60. The lowest BCUT2D eigenvalue weighted by atomic mass is 10.2. The van der Waals surface area contributed by atoms with E-state index in [2.05, 4.69) is 27.3 Å². The summed E-state index contributed by atoms with van der Waals surface area (Å²) in [7, 11) is 0. The molecule has 5 nitrogen and oxygen atoms in total. The Morgan fingerprint density at radius 2 is 1.96 bits per heavy atom. The molecule has 0 unspecified atom stereocenters. The zero-order chi connectivity index (χ0) is 16.9. The number of ether oxygens (including phenoxy) is 2. The second-order valence-corrected chi connectivity index (χ2v) is 6.74. The highest BCUT2D eigenvalue weighted by molar-refractivity contribution is 9.10. The van der Waals surface area contributed by atoms with Crippen LogP contribution in [0.3, 0.4) is 0 Å². The van der Waals surface area contributed by atoms with Crippen molar-refractivity contribution in [3.63, 3.8) is 0 Å². The maximum absolute atomic E-state index is 12.6. The zero-order valence-corrected chi connectivity index (χ0v) is 14.9. The fraction of sp³-hybridized carbons (Fsp3) is 0.176. The normalized spacial score (nSPS) is 12.3. The predicted octanol–water partition coefficient (Wildman–Crippen LogP) is 4.09. The van der Waals surface area contributed by atoms with Crippen LogP contribution in [0.4, 0.5) is 5.69 Å². The van der Waals surface area contributed by atoms with Crippen molar-refractivity contribution in [2.45, 2.75) is 4.90 Å². The number of carbonyl (C=O) groups excluding carboxylic acids is 1. The van der Waals surface area contributed by atoms with E-state index in [1.54, 1.807) is 24.3 Å². The number of thioether (sulfide) groups is 1. The molecule has 122 valence electrons. The first kappa shape index (κ1) is 16.7. The fourth-order valence-corrected chi connectivity index (χ4v) is 3.37. The molecule has 7 heteroatoms. The Balaban J connectivity index is 1.84. The third-order valence-corrected chi connectivity index (χ3v) is 4.90. The van der Waals surface area contributed by atoms with Gasteiger partial charge in [-0.1, -0.05) is 12.1 Å². The van der Waals surface area contributed by atoms with Crippen molar-refractivity contribution in [1.82, 2.24) is 0 Å². The van der Waals surface area contributed by atoms with Gasteiger partial charge in [-0.05, 0) is 28.1 Å². The fourth-order valence-electron chi connectivity index (χ4n) is 2.24. The molecular weight excluding hydrogens is 392 g/mol. The molecule has 2 aromatic rings. The number of hydrogen-bond donors (Lipinski definition) is 1. The predicted molar refractivity (Wildman–Crippen MR) is 95.9 cm³/mol. The number of nitriles is 1. The molecule has 0 radical (unpaired) electrons. The first-order chi connectivity index (χ1) is 11.7. The van der Waals surface area contributed by atoms with Gasteiger partial charge in [-0.3, -0.25) is 4.79 Å². The number of benzene rings is 2. The van der Waals surface area contributed by atoms with Gasteiger partial charge in [0.05, 0.1) is 23.1 Å². The molecule has 1 aliphatic rings. The highest BCUT2D eigenvalue weighted by Crippen LogP contribution is 2.38. The smallest absolute Gasteiger partial charge is 0.256 e. The maximum Gasteiger partial charge on any atom is 0.256 e. The summed E-state index contributed by atoms with van der Waals surface area (Å²) in [6, 6.07) is 12.8. The number of carbonyl (C=O) groups is 1. The van der Waals surface area contributed by atoms with Crippen molar-refractivity contribution in [3.05, 3.63) is 46.4 Å². The van der Waals surface area contributed by atoms with Crippen LogP contribution in [0.25, 0.3) is 0 Å². The van der Waals surface area contributed by atoms with Crippen LogP contribution in [-0.4, -0.2) is 24.9 Å². The first-order valence-corrected chi connectivity index (χ1v) is 8.96. The molecule has 24 heavy (non-hydrogen) atoms. The summed E-state index contributed by atoms with van der Waals surface area (Å²) in [6.45, 7) is 0.990. The number of anilines is 1. The van der Waals surface area contributed by atoms with Gasteiger partial charge in [0.1, 0.15) is 13.2 Å². The summed E-state index contributed by atoms with van der Waals surface area (Å²) < 4.78 is 11.8. The molecule has 0 saturated heterocycles. The number of halogens is 1. The monoisotopic (exact) mass is 404 g/mol. The summed E-state index contributed by atoms with van der Waals surface area (Å²) in [5.74, 6) is 1.30. The molecular formula is C17H13BrN2O3S. The number of fused-ring (bicyclic) bond motifs is 1. The van der Waals surface area contributed by atoms with Crippen LogP contribution in [0.2, 0.25) is 0 Å². The summed E-state index contributed by atoms with van der Waals surface area (Å²) in [5.41, 5.74) is 1.13. The molecule has 3 rings (SSSR count). The summed E-state index contributed by atoms with van der Waals surface area (Å²) in [4.78, 5) is 13.4. The number of amides is 1. The van der Waals surface area contributed by atoms with Gasteiger partial charge in [0, 0.05) is 21.5 Å². The molecule has 0 atom stereocenters. The second kappa shape index (κ2) is 7.60. The maximum atomic E-state index is 12.6. The number of nitrogens with zero attached hydrogens (tertiary/aromatic N) is 1. The van der Waals surface area contributed by atoms with E-state index in [4.69, 9.17) is 14.7 Å². The van der Waals surface area contributed by atoms with E-state index in [0.717, 1.165) is 4.90 Å². The molecule has 1 amide bonds. The third kappa shape index (κ3) is 3.66. The van der Waals surface area contributed by atoms with Crippen LogP contribution in [-0.2, 0) is 0 Å². The lowest BCUT2D eigenvalue weighted by molar-refractivity contribution is 0.102. The van der Waals surface area contributed by atoms with Crippen molar-refractivity contribution in [1.29, 1.82) is 5.26 Å². The number of hydrogen-bond acceptors (Lipinski definition) is 5. The lowest BCUT2D eigenvalue weighted by Gasteiger charge is -2.20. The van der Waals surface area contributed by atoms with E-state index in [-0.39, 0.29) is 11.7 Å². The van der Waals surface area contributed by atoms with Gasteiger partial charge in [0.25, 0.3) is 5.91 Å². The van der Waals surface area contributed by atoms with Crippen LogP contribution in [0, 0.1) is 11.3 Å². The van der Waals surface area contributed by atoms with Crippen molar-refractivity contribution < 1.29 is 14.3 Å². The third-order valence-electron chi connectivity index (χ3n) is 3.30. The minimum atomic E-state index is -0.242. The highest BCUT2D eigenvalue weighted by atomic mass is 79.9. The summed E-state index contributed by atoms with van der Waals surface area (Å²) >= 11 is 4.77. The van der Waals surface area contributed by atoms with Gasteiger partial charge in [-0.25, -0.2) is 0 Å². The van der Waals surface area contributed by atoms with E-state index in [9.17, 15) is 4.79 Å². The quantitative estimate of drug-likeness (QED) is 0.776. The molecule has 0 spiro atoms. The molecule has 0 aliphatic carbocycles. The van der Waals surface area contributed by atoms with Gasteiger partial charge >= 0.3 is 0 Å². The molecule has 1 N–H and O–H groups in total. The average molecular weight is 405 g/mol. The van der Waals surface area contributed by atoms with E-state index < -0.39 is 0 Å². The number of rotatable bonds is 4. The lowest BCUT2D eigenvalue weighted by Crippen LogP contribution is -2.17. The molecule has 0 fully saturated rings. The Morgan fingerprint density at radius 3 is 2.71 bits per heavy atom. The number of nitrogens with one attached hydrogen (secondary N) is 1. The molecule has 0 bridgehead atoms. The topological polar surface area (TPSA) is 71.4 Å². The molecule has 1 heterocycles. The standard InChI is InChI=1S/C17H13BrN2O3S/c18-12-9-14-15(23-7-6-22-14)10-13(12)20-17(21)11-3-1-2-4-16(11)24-8-5-19/h1-4,9-10H,6-8H2,(H,20,21). The Hall–Kier alpha value is -2.17. The Kier molecular flexibility index (Phi) is 5.28. The highest BCUT2D eigenvalue weighted by Gasteiger charge is 2.18. The van der Waals surface area contributed by atoms with E-state index in [0.29, 0.717) is 40.4 Å². The minimum absolute atomic E-state index is 0.242. The van der Waals surface area contributed by atoms with Crippen LogP contribution in [0.5, 0.6) is 11.5 Å². The Bertz CT molecular complexity index is 820. The first-order valence-electron chi connectivity index (χ1n) is 7.18. The van der Waals surface area contributed by atoms with Gasteiger partial charge in [-0.15, -0.1) is 11.8 Å². The Labute approximate surface area is 152 Å². The molecule has 0 aromatic heterocycles. The SMILES string of the molecule is N#CCSc1ccccc1C(=O)Nc1cc2c(cc1Br)OCCO2. The van der Waals surface area contributed by atoms with Crippen molar-refractivity contribution >= 4 is 39.3 Å². The van der Waals surface area contributed by atoms with E-state index >= 15 is 0 Å². The van der Waals surface area contributed by atoms with Gasteiger partial charge < -0.3 is 14.8 Å². The Morgan fingerprint density at radius 1 is 1.25 bits per heavy atom. The van der Waals surface area contributed by atoms with Crippen LogP contribution in [0.1, 0.15) is 10.4 Å². The van der Waals surface area contributed by atoms with Crippen LogP contribution >= 0.6 is 27.7 Å². The van der Waals surface area contributed by atoms with Gasteiger partial charge in [-0.2, -0.15) is 5.26 Å². The van der Waals surface area contributed by atoms with E-state index in [1.165, 1.54) is 11.8 Å². The largest absolute Gasteiger partial charge is 0.486 e. The summed E-state index contributed by atoms with van der Waals surface area (Å²) in [5, 5.41) is 11.6. The van der Waals surface area contributed by atoms with Crippen molar-refractivity contribution in [2.75, 3.05) is 24.3 Å². The van der Waals surface area contributed by atoms with Crippen LogP contribution < -0.4 is 14.8 Å².